The third-order valence-corrected chi connectivity index (χ3v) is 3.66. The highest BCUT2D eigenvalue weighted by atomic mass is 16.5. The molecular weight excluding hydrogens is 236 g/mol. The van der Waals surface area contributed by atoms with Gasteiger partial charge in [-0.05, 0) is 37.4 Å². The summed E-state index contributed by atoms with van der Waals surface area (Å²) in [5.41, 5.74) is 3.05. The minimum Gasteiger partial charge on any atom is -0.380 e. The fourth-order valence-electron chi connectivity index (χ4n) is 2.61. The molecule has 106 valence electrons. The lowest BCUT2D eigenvalue weighted by Gasteiger charge is -2.20. The number of fused-ring (bicyclic) bond motifs is 1. The summed E-state index contributed by atoms with van der Waals surface area (Å²) < 4.78 is 5.32. The zero-order chi connectivity index (χ0) is 13.3. The molecule has 3 heteroatoms. The molecule has 1 heterocycles. The van der Waals surface area contributed by atoms with Crippen molar-refractivity contribution in [3.05, 3.63) is 35.4 Å². The lowest BCUT2D eigenvalue weighted by Crippen LogP contribution is -2.33. The van der Waals surface area contributed by atoms with Crippen LogP contribution in [-0.2, 0) is 17.7 Å². The average Bonchev–Trinajstić information content (AvgIpc) is 2.64. The Morgan fingerprint density at radius 1 is 1.21 bits per heavy atom. The monoisotopic (exact) mass is 262 g/mol. The van der Waals surface area contributed by atoms with Crippen molar-refractivity contribution in [3.8, 4) is 0 Å². The van der Waals surface area contributed by atoms with E-state index < -0.39 is 0 Å². The first-order chi connectivity index (χ1) is 9.40. The Labute approximate surface area is 116 Å². The maximum absolute atomic E-state index is 5.32. The van der Waals surface area contributed by atoms with Gasteiger partial charge in [0.2, 0.25) is 0 Å². The van der Waals surface area contributed by atoms with Gasteiger partial charge in [-0.3, -0.25) is 4.90 Å². The molecule has 0 saturated heterocycles. The number of aryl methyl sites for hydroxylation is 1. The second kappa shape index (κ2) is 8.31. The fraction of sp³-hybridized carbons (Fsp3) is 0.625. The summed E-state index contributed by atoms with van der Waals surface area (Å²) in [7, 11) is 0. The van der Waals surface area contributed by atoms with Gasteiger partial charge in [0.25, 0.3) is 0 Å². The second-order valence-electron chi connectivity index (χ2n) is 5.10. The highest BCUT2D eigenvalue weighted by Gasteiger charge is 2.12. The van der Waals surface area contributed by atoms with E-state index in [0.29, 0.717) is 0 Å². The van der Waals surface area contributed by atoms with Crippen molar-refractivity contribution in [2.45, 2.75) is 26.3 Å². The van der Waals surface area contributed by atoms with Crippen LogP contribution in [0.15, 0.2) is 24.3 Å². The largest absolute Gasteiger partial charge is 0.380 e. The van der Waals surface area contributed by atoms with Crippen molar-refractivity contribution in [2.24, 2.45) is 0 Å². The summed E-state index contributed by atoms with van der Waals surface area (Å²) in [5.74, 6) is 0. The summed E-state index contributed by atoms with van der Waals surface area (Å²) in [6.07, 6.45) is 2.50. The van der Waals surface area contributed by atoms with E-state index in [0.717, 1.165) is 39.4 Å². The van der Waals surface area contributed by atoms with Gasteiger partial charge < -0.3 is 10.1 Å². The molecule has 0 spiro atoms. The van der Waals surface area contributed by atoms with Crippen molar-refractivity contribution < 1.29 is 4.74 Å². The van der Waals surface area contributed by atoms with Crippen LogP contribution < -0.4 is 5.32 Å². The van der Waals surface area contributed by atoms with Gasteiger partial charge in [0.15, 0.2) is 0 Å². The predicted molar refractivity (Wildman–Crippen MR) is 79.4 cm³/mol. The van der Waals surface area contributed by atoms with Crippen LogP contribution in [0.25, 0.3) is 0 Å². The van der Waals surface area contributed by atoms with Crippen molar-refractivity contribution in [2.75, 3.05) is 39.4 Å². The molecule has 0 bridgehead atoms. The summed E-state index contributed by atoms with van der Waals surface area (Å²) in [5, 5.41) is 3.45. The van der Waals surface area contributed by atoms with E-state index in [9.17, 15) is 0 Å². The molecule has 1 N–H and O–H groups in total. The van der Waals surface area contributed by atoms with E-state index in [1.54, 1.807) is 0 Å². The van der Waals surface area contributed by atoms with E-state index >= 15 is 0 Å². The van der Waals surface area contributed by atoms with Gasteiger partial charge in [-0.25, -0.2) is 0 Å². The number of hydrogen-bond acceptors (Lipinski definition) is 3. The molecule has 3 nitrogen and oxygen atoms in total. The molecule has 0 saturated carbocycles. The minimum atomic E-state index is 0.810. The van der Waals surface area contributed by atoms with Crippen molar-refractivity contribution in [3.63, 3.8) is 0 Å². The first kappa shape index (κ1) is 14.5. The maximum atomic E-state index is 5.32. The molecule has 2 rings (SSSR count). The first-order valence-electron chi connectivity index (χ1n) is 7.47. The van der Waals surface area contributed by atoms with Crippen molar-refractivity contribution >= 4 is 0 Å². The van der Waals surface area contributed by atoms with Gasteiger partial charge in [0.1, 0.15) is 0 Å². The van der Waals surface area contributed by atoms with Crippen LogP contribution in [0.5, 0.6) is 0 Å². The van der Waals surface area contributed by atoms with Gasteiger partial charge in [0.05, 0.1) is 6.61 Å². The van der Waals surface area contributed by atoms with E-state index in [1.165, 1.54) is 30.5 Å². The van der Waals surface area contributed by atoms with Gasteiger partial charge in [-0.1, -0.05) is 24.3 Å². The molecule has 0 aromatic heterocycles. The van der Waals surface area contributed by atoms with Crippen molar-refractivity contribution in [1.29, 1.82) is 0 Å². The molecule has 1 aliphatic rings. The molecule has 0 unspecified atom stereocenters. The Balaban J connectivity index is 1.70. The van der Waals surface area contributed by atoms with Crippen LogP contribution >= 0.6 is 0 Å². The molecule has 0 radical (unpaired) electrons. The molecule has 0 amide bonds. The van der Waals surface area contributed by atoms with Crippen LogP contribution in [0.1, 0.15) is 24.5 Å². The lowest BCUT2D eigenvalue weighted by atomic mass is 10.0. The van der Waals surface area contributed by atoms with E-state index in [-0.39, 0.29) is 0 Å². The van der Waals surface area contributed by atoms with Crippen LogP contribution in [0.2, 0.25) is 0 Å². The number of ether oxygens (including phenoxy) is 1. The number of nitrogens with zero attached hydrogens (tertiary/aromatic N) is 1. The van der Waals surface area contributed by atoms with Gasteiger partial charge in [-0.15, -0.1) is 0 Å². The summed E-state index contributed by atoms with van der Waals surface area (Å²) in [6, 6.07) is 8.86. The summed E-state index contributed by atoms with van der Waals surface area (Å²) in [4.78, 5) is 2.56. The molecule has 19 heavy (non-hydrogen) atoms. The van der Waals surface area contributed by atoms with Crippen LogP contribution in [-0.4, -0.2) is 44.3 Å². The Bertz CT molecular complexity index is 368. The number of hydrogen-bond donors (Lipinski definition) is 1. The molecule has 0 fully saturated rings. The maximum Gasteiger partial charge on any atom is 0.0590 e. The first-order valence-corrected chi connectivity index (χ1v) is 7.47. The summed E-state index contributed by atoms with van der Waals surface area (Å²) >= 11 is 0. The zero-order valence-electron chi connectivity index (χ0n) is 12.0. The molecule has 0 atom stereocenters. The number of benzene rings is 1. The zero-order valence-corrected chi connectivity index (χ0v) is 12.0. The SMILES string of the molecule is CCOCCNCCN1CCCc2ccccc2C1. The normalized spacial score (nSPS) is 16.1. The minimum absolute atomic E-state index is 0.810. The Hall–Kier alpha value is -0.900. The highest BCUT2D eigenvalue weighted by molar-refractivity contribution is 5.27. The van der Waals surface area contributed by atoms with Gasteiger partial charge in [0, 0.05) is 32.8 Å². The molecule has 1 aromatic rings. The number of rotatable bonds is 7. The Morgan fingerprint density at radius 3 is 2.89 bits per heavy atom. The molecular formula is C16H26N2O. The topological polar surface area (TPSA) is 24.5 Å². The Morgan fingerprint density at radius 2 is 2.05 bits per heavy atom. The highest BCUT2D eigenvalue weighted by Crippen LogP contribution is 2.17. The van der Waals surface area contributed by atoms with Gasteiger partial charge in [-0.2, -0.15) is 0 Å². The van der Waals surface area contributed by atoms with Crippen LogP contribution in [0, 0.1) is 0 Å². The predicted octanol–water partition coefficient (Wildman–Crippen LogP) is 2.06. The van der Waals surface area contributed by atoms with E-state index in [4.69, 9.17) is 4.74 Å². The lowest BCUT2D eigenvalue weighted by molar-refractivity contribution is 0.148. The number of nitrogens with one attached hydrogen (secondary N) is 1. The third kappa shape index (κ3) is 4.94. The average molecular weight is 262 g/mol. The van der Waals surface area contributed by atoms with Crippen LogP contribution in [0.4, 0.5) is 0 Å². The second-order valence-corrected chi connectivity index (χ2v) is 5.10. The van der Waals surface area contributed by atoms with E-state index in [1.807, 2.05) is 6.92 Å². The third-order valence-electron chi connectivity index (χ3n) is 3.66. The quantitative estimate of drug-likeness (QED) is 0.761. The van der Waals surface area contributed by atoms with Gasteiger partial charge >= 0.3 is 0 Å². The standard InChI is InChI=1S/C16H26N2O/c1-2-19-13-10-17-9-12-18-11-5-8-15-6-3-4-7-16(15)14-18/h3-4,6-7,17H,2,5,8-14H2,1H3. The fourth-order valence-corrected chi connectivity index (χ4v) is 2.61. The summed E-state index contributed by atoms with van der Waals surface area (Å²) in [6.45, 7) is 9.11. The van der Waals surface area contributed by atoms with Crippen molar-refractivity contribution in [1.82, 2.24) is 10.2 Å². The smallest absolute Gasteiger partial charge is 0.0590 e. The van der Waals surface area contributed by atoms with E-state index in [2.05, 4.69) is 34.5 Å². The molecule has 0 aliphatic carbocycles. The molecule has 1 aliphatic heterocycles. The Kier molecular flexibility index (Phi) is 6.34. The molecule has 1 aromatic carbocycles. The van der Waals surface area contributed by atoms with Crippen LogP contribution in [0.3, 0.4) is 0 Å².